The molecule has 0 radical (unpaired) electrons. The fourth-order valence-corrected chi connectivity index (χ4v) is 6.09. The van der Waals surface area contributed by atoms with Crippen molar-refractivity contribution in [2.24, 2.45) is 0 Å². The highest BCUT2D eigenvalue weighted by atomic mass is 28.4. The number of aromatic nitrogens is 2. The second-order valence-electron chi connectivity index (χ2n) is 12.7. The van der Waals surface area contributed by atoms with Crippen molar-refractivity contribution in [1.29, 1.82) is 5.26 Å². The minimum absolute atomic E-state index is 0.00466. The van der Waals surface area contributed by atoms with Crippen molar-refractivity contribution in [3.8, 4) is 17.3 Å². The normalized spacial score (nSPS) is 20.3. The summed E-state index contributed by atoms with van der Waals surface area (Å²) < 4.78 is 12.3. The second kappa shape index (κ2) is 10.6. The molecule has 1 aromatic heterocycles. The third-order valence-electron chi connectivity index (χ3n) is 8.66. The maximum atomic E-state index is 10.0. The lowest BCUT2D eigenvalue weighted by atomic mass is 9.83. The molecule has 2 aliphatic heterocycles. The Hall–Kier alpha value is -3.29. The molecule has 2 unspecified atom stereocenters. The summed E-state index contributed by atoms with van der Waals surface area (Å²) in [6.07, 6.45) is 2.22. The van der Waals surface area contributed by atoms with Crippen molar-refractivity contribution >= 4 is 25.6 Å². The van der Waals surface area contributed by atoms with Gasteiger partial charge in [-0.1, -0.05) is 33.8 Å². The number of nitriles is 1. The van der Waals surface area contributed by atoms with E-state index < -0.39 is 8.32 Å². The molecule has 210 valence electrons. The van der Waals surface area contributed by atoms with E-state index in [9.17, 15) is 10.4 Å². The van der Waals surface area contributed by atoms with Crippen molar-refractivity contribution in [2.45, 2.75) is 70.4 Å². The number of fused-ring (bicyclic) bond motifs is 2. The Kier molecular flexibility index (Phi) is 7.48. The van der Waals surface area contributed by atoms with E-state index in [0.717, 1.165) is 39.3 Å². The van der Waals surface area contributed by atoms with Crippen LogP contribution in [0.1, 0.15) is 49.9 Å². The van der Waals surface area contributed by atoms with Gasteiger partial charge in [0.25, 0.3) is 0 Å². The van der Waals surface area contributed by atoms with Crippen molar-refractivity contribution < 1.29 is 14.3 Å². The molecule has 40 heavy (non-hydrogen) atoms. The number of ether oxygens (including phenoxy) is 1. The van der Waals surface area contributed by atoms with Crippen LogP contribution in [-0.4, -0.2) is 49.3 Å². The average Bonchev–Trinajstić information content (AvgIpc) is 3.27. The molecule has 0 amide bonds. The Bertz CT molecular complexity index is 1460. The Morgan fingerprint density at radius 3 is 2.75 bits per heavy atom. The standard InChI is InChI=1S/C31H39N5O3Si/c1-30(2,3)40(5,6)39-19-31(4)18-34-28-23(15-32)11-22(14-26(28)31)27-9-10-33-29(36-27)35-24-8-7-20-17-38-25(16-37)13-21(20)12-24/h7-12,14,25,34,37H,13,16-19H2,1-6H3,(H,33,35,36). The van der Waals surface area contributed by atoms with Gasteiger partial charge in [0.2, 0.25) is 5.95 Å². The maximum Gasteiger partial charge on any atom is 0.227 e. The fourth-order valence-electron chi connectivity index (χ4n) is 4.98. The molecule has 2 aliphatic rings. The van der Waals surface area contributed by atoms with Crippen molar-refractivity contribution in [3.63, 3.8) is 0 Å². The van der Waals surface area contributed by atoms with Gasteiger partial charge in [-0.05, 0) is 65.2 Å². The molecule has 5 rings (SSSR count). The fraction of sp³-hybridized carbons (Fsp3) is 0.452. The third-order valence-corrected chi connectivity index (χ3v) is 13.1. The summed E-state index contributed by atoms with van der Waals surface area (Å²) in [5, 5.41) is 26.4. The topological polar surface area (TPSA) is 112 Å². The molecule has 0 saturated carbocycles. The first-order valence-corrected chi connectivity index (χ1v) is 16.7. The molecule has 0 saturated heterocycles. The molecule has 0 bridgehead atoms. The van der Waals surface area contributed by atoms with Gasteiger partial charge >= 0.3 is 0 Å². The molecular formula is C31H39N5O3Si. The summed E-state index contributed by atoms with van der Waals surface area (Å²) in [6.45, 7) is 15.3. The van der Waals surface area contributed by atoms with E-state index in [4.69, 9.17) is 14.1 Å². The number of hydrogen-bond acceptors (Lipinski definition) is 8. The van der Waals surface area contributed by atoms with E-state index in [-0.39, 0.29) is 23.2 Å². The van der Waals surface area contributed by atoms with Gasteiger partial charge in [-0.15, -0.1) is 0 Å². The molecule has 3 aromatic rings. The molecule has 3 heterocycles. The lowest BCUT2D eigenvalue weighted by molar-refractivity contribution is -0.00699. The van der Waals surface area contributed by atoms with Crippen LogP contribution >= 0.6 is 0 Å². The van der Waals surface area contributed by atoms with Crippen molar-refractivity contribution in [2.75, 3.05) is 30.4 Å². The lowest BCUT2D eigenvalue weighted by Gasteiger charge is -2.39. The first-order chi connectivity index (χ1) is 18.9. The first kappa shape index (κ1) is 28.2. The van der Waals surface area contributed by atoms with Gasteiger partial charge in [-0.25, -0.2) is 9.97 Å². The SMILES string of the molecule is CC1(CO[Si](C)(C)C(C)(C)C)CNc2c(C#N)cc(-c3ccnc(Nc4ccc5c(c4)CC(CO)OC5)n3)cc21. The smallest absolute Gasteiger partial charge is 0.227 e. The summed E-state index contributed by atoms with van der Waals surface area (Å²) in [4.78, 5) is 9.25. The van der Waals surface area contributed by atoms with Crippen LogP contribution in [0.15, 0.2) is 42.6 Å². The van der Waals surface area contributed by atoms with E-state index in [1.54, 1.807) is 6.20 Å². The minimum Gasteiger partial charge on any atom is -0.416 e. The van der Waals surface area contributed by atoms with Crippen LogP contribution in [0.3, 0.4) is 0 Å². The van der Waals surface area contributed by atoms with Crippen LogP contribution in [0.2, 0.25) is 18.1 Å². The first-order valence-electron chi connectivity index (χ1n) is 13.8. The van der Waals surface area contributed by atoms with Crippen LogP contribution < -0.4 is 10.6 Å². The van der Waals surface area contributed by atoms with Crippen LogP contribution in [-0.2, 0) is 27.6 Å². The number of aliphatic hydroxyl groups is 1. The zero-order valence-electron chi connectivity index (χ0n) is 24.3. The molecule has 8 nitrogen and oxygen atoms in total. The highest BCUT2D eigenvalue weighted by Gasteiger charge is 2.42. The molecule has 9 heteroatoms. The van der Waals surface area contributed by atoms with Gasteiger partial charge in [-0.3, -0.25) is 0 Å². The third kappa shape index (κ3) is 5.50. The quantitative estimate of drug-likeness (QED) is 0.308. The largest absolute Gasteiger partial charge is 0.416 e. The zero-order valence-corrected chi connectivity index (χ0v) is 25.3. The highest BCUT2D eigenvalue weighted by molar-refractivity contribution is 6.74. The zero-order chi connectivity index (χ0) is 28.7. The summed E-state index contributed by atoms with van der Waals surface area (Å²) in [6, 6.07) is 14.4. The minimum atomic E-state index is -1.94. The van der Waals surface area contributed by atoms with Crippen LogP contribution in [0.4, 0.5) is 17.3 Å². The monoisotopic (exact) mass is 557 g/mol. The molecule has 0 aliphatic carbocycles. The van der Waals surface area contributed by atoms with E-state index in [1.165, 1.54) is 0 Å². The Balaban J connectivity index is 1.42. The Labute approximate surface area is 237 Å². The van der Waals surface area contributed by atoms with Gasteiger partial charge in [0.05, 0.1) is 36.3 Å². The molecular weight excluding hydrogens is 518 g/mol. The molecule has 3 N–H and O–H groups in total. The van der Waals surface area contributed by atoms with E-state index >= 15 is 0 Å². The van der Waals surface area contributed by atoms with Crippen LogP contribution in [0.25, 0.3) is 11.3 Å². The number of anilines is 3. The number of rotatable bonds is 7. The van der Waals surface area contributed by atoms with E-state index in [0.29, 0.717) is 37.7 Å². The number of nitrogens with zero attached hydrogens (tertiary/aromatic N) is 3. The van der Waals surface area contributed by atoms with Crippen LogP contribution in [0.5, 0.6) is 0 Å². The number of hydrogen-bond donors (Lipinski definition) is 3. The number of nitrogens with one attached hydrogen (secondary N) is 2. The predicted octanol–water partition coefficient (Wildman–Crippen LogP) is 5.90. The van der Waals surface area contributed by atoms with Gasteiger partial charge in [0.1, 0.15) is 6.07 Å². The van der Waals surface area contributed by atoms with Gasteiger partial charge < -0.3 is 24.9 Å². The van der Waals surface area contributed by atoms with E-state index in [1.807, 2.05) is 24.3 Å². The second-order valence-corrected chi connectivity index (χ2v) is 17.5. The average molecular weight is 558 g/mol. The van der Waals surface area contributed by atoms with Gasteiger partial charge in [0.15, 0.2) is 8.32 Å². The summed E-state index contributed by atoms with van der Waals surface area (Å²) in [5.41, 5.74) is 7.08. The van der Waals surface area contributed by atoms with Crippen molar-refractivity contribution in [1.82, 2.24) is 9.97 Å². The number of aliphatic hydroxyl groups excluding tert-OH is 1. The van der Waals surface area contributed by atoms with Crippen LogP contribution in [0, 0.1) is 11.3 Å². The predicted molar refractivity (Wildman–Crippen MR) is 160 cm³/mol. The lowest BCUT2D eigenvalue weighted by Crippen LogP contribution is -2.45. The summed E-state index contributed by atoms with van der Waals surface area (Å²) >= 11 is 0. The molecule has 0 fully saturated rings. The molecule has 2 atom stereocenters. The molecule has 2 aromatic carbocycles. The van der Waals surface area contributed by atoms with Gasteiger partial charge in [-0.2, -0.15) is 5.26 Å². The summed E-state index contributed by atoms with van der Waals surface area (Å²) in [7, 11) is -1.94. The molecule has 0 spiro atoms. The van der Waals surface area contributed by atoms with Crippen molar-refractivity contribution in [3.05, 3.63) is 64.8 Å². The Morgan fingerprint density at radius 1 is 1.23 bits per heavy atom. The maximum absolute atomic E-state index is 10.0. The number of benzene rings is 2. The van der Waals surface area contributed by atoms with E-state index in [2.05, 4.69) is 74.6 Å². The Morgan fingerprint density at radius 2 is 2.02 bits per heavy atom. The highest BCUT2D eigenvalue weighted by Crippen LogP contribution is 2.44. The van der Waals surface area contributed by atoms with Gasteiger partial charge in [0, 0.05) is 42.4 Å². The summed E-state index contributed by atoms with van der Waals surface area (Å²) in [5.74, 6) is 0.476.